The van der Waals surface area contributed by atoms with Crippen molar-refractivity contribution < 1.29 is 18.3 Å². The Hall–Kier alpha value is -3.55. The van der Waals surface area contributed by atoms with E-state index >= 15 is 0 Å². The zero-order chi connectivity index (χ0) is 19.1. The highest BCUT2D eigenvalue weighted by Crippen LogP contribution is 2.21. The molecule has 1 amide bonds. The number of carbonyl (C=O) groups excluding carboxylic acids is 1. The highest BCUT2D eigenvalue weighted by Gasteiger charge is 2.11. The Labute approximate surface area is 154 Å². The van der Waals surface area contributed by atoms with E-state index in [1.807, 2.05) is 18.2 Å². The summed E-state index contributed by atoms with van der Waals surface area (Å²) in [4.78, 5) is 12.1. The number of nitrogens with zero attached hydrogens (tertiary/aromatic N) is 2. The summed E-state index contributed by atoms with van der Waals surface area (Å²) in [6, 6.07) is 18.6. The van der Waals surface area contributed by atoms with E-state index in [-0.39, 0.29) is 23.9 Å². The highest BCUT2D eigenvalue weighted by molar-refractivity contribution is 6.02. The summed E-state index contributed by atoms with van der Waals surface area (Å²) in [5.74, 6) is 0.112. The minimum absolute atomic E-state index is 0.0896. The summed E-state index contributed by atoms with van der Waals surface area (Å²) < 4.78 is 29.4. The van der Waals surface area contributed by atoms with Gasteiger partial charge in [0.15, 0.2) is 5.69 Å². The molecular weight excluding hydrogens is 354 g/mol. The van der Waals surface area contributed by atoms with Gasteiger partial charge < -0.3 is 15.4 Å². The van der Waals surface area contributed by atoms with Crippen LogP contribution in [-0.2, 0) is 6.54 Å². The molecule has 0 aliphatic heterocycles. The van der Waals surface area contributed by atoms with Gasteiger partial charge in [-0.1, -0.05) is 36.4 Å². The van der Waals surface area contributed by atoms with Crippen molar-refractivity contribution in [1.29, 1.82) is 0 Å². The molecule has 0 aliphatic rings. The molecule has 0 bridgehead atoms. The van der Waals surface area contributed by atoms with Gasteiger partial charge in [-0.15, -0.1) is 10.2 Å². The minimum atomic E-state index is -2.90. The second kappa shape index (κ2) is 8.70. The van der Waals surface area contributed by atoms with E-state index < -0.39 is 6.61 Å². The van der Waals surface area contributed by atoms with Crippen molar-refractivity contribution in [1.82, 2.24) is 10.2 Å². The topological polar surface area (TPSA) is 76.1 Å². The average Bonchev–Trinajstić information content (AvgIpc) is 2.68. The largest absolute Gasteiger partial charge is 0.434 e. The molecule has 8 heteroatoms. The number of halogens is 2. The number of aromatic nitrogens is 2. The second-order valence-corrected chi connectivity index (χ2v) is 5.46. The van der Waals surface area contributed by atoms with E-state index in [0.717, 1.165) is 0 Å². The van der Waals surface area contributed by atoms with Gasteiger partial charge in [0.05, 0.1) is 0 Å². The molecule has 1 heterocycles. The summed E-state index contributed by atoms with van der Waals surface area (Å²) in [6.45, 7) is -2.68. The third-order valence-electron chi connectivity index (χ3n) is 3.58. The maximum atomic E-state index is 12.4. The van der Waals surface area contributed by atoms with E-state index in [4.69, 9.17) is 0 Å². The Morgan fingerprint density at radius 1 is 0.963 bits per heavy atom. The number of para-hydroxylation sites is 2. The van der Waals surface area contributed by atoms with Crippen LogP contribution in [0.5, 0.6) is 5.75 Å². The molecular formula is C19H16F2N4O2. The van der Waals surface area contributed by atoms with Crippen molar-refractivity contribution in [3.8, 4) is 5.75 Å². The third-order valence-corrected chi connectivity index (χ3v) is 3.58. The summed E-state index contributed by atoms with van der Waals surface area (Å²) in [5, 5.41) is 13.5. The van der Waals surface area contributed by atoms with Gasteiger partial charge in [-0.3, -0.25) is 4.79 Å². The first-order valence-electron chi connectivity index (χ1n) is 8.08. The lowest BCUT2D eigenvalue weighted by Crippen LogP contribution is -2.15. The predicted octanol–water partition coefficient (Wildman–Crippen LogP) is 3.94. The van der Waals surface area contributed by atoms with Crippen LogP contribution in [0.25, 0.3) is 0 Å². The van der Waals surface area contributed by atoms with Crippen molar-refractivity contribution in [2.75, 3.05) is 10.6 Å². The van der Waals surface area contributed by atoms with Gasteiger partial charge in [0.2, 0.25) is 0 Å². The van der Waals surface area contributed by atoms with Crippen LogP contribution in [-0.4, -0.2) is 22.7 Å². The molecule has 0 radical (unpaired) electrons. The molecule has 2 N–H and O–H groups in total. The van der Waals surface area contributed by atoms with Gasteiger partial charge in [0.25, 0.3) is 5.91 Å². The van der Waals surface area contributed by atoms with Crippen molar-refractivity contribution in [2.45, 2.75) is 13.2 Å². The molecule has 3 rings (SSSR count). The summed E-state index contributed by atoms with van der Waals surface area (Å²) in [7, 11) is 0. The fraction of sp³-hybridized carbons (Fsp3) is 0.105. The van der Waals surface area contributed by atoms with Gasteiger partial charge in [0, 0.05) is 17.8 Å². The number of rotatable bonds is 7. The lowest BCUT2D eigenvalue weighted by atomic mass is 10.2. The van der Waals surface area contributed by atoms with Crippen LogP contribution in [0.15, 0.2) is 66.7 Å². The number of amides is 1. The fourth-order valence-electron chi connectivity index (χ4n) is 2.31. The van der Waals surface area contributed by atoms with Crippen LogP contribution < -0.4 is 15.4 Å². The summed E-state index contributed by atoms with van der Waals surface area (Å²) in [6.07, 6.45) is 0. The second-order valence-electron chi connectivity index (χ2n) is 5.46. The SMILES string of the molecule is O=C(Nc1ccccc1)c1ccc(NCc2ccccc2OC(F)F)nn1. The predicted molar refractivity (Wildman–Crippen MR) is 96.8 cm³/mol. The van der Waals surface area contributed by atoms with Crippen LogP contribution in [0.3, 0.4) is 0 Å². The first-order chi connectivity index (χ1) is 13.1. The quantitative estimate of drug-likeness (QED) is 0.659. The number of carbonyl (C=O) groups is 1. The molecule has 2 aromatic carbocycles. The fourth-order valence-corrected chi connectivity index (χ4v) is 2.31. The van der Waals surface area contributed by atoms with Crippen LogP contribution >= 0.6 is 0 Å². The van der Waals surface area contributed by atoms with Crippen LogP contribution in [0.2, 0.25) is 0 Å². The average molecular weight is 370 g/mol. The smallest absolute Gasteiger partial charge is 0.387 e. The minimum Gasteiger partial charge on any atom is -0.434 e. The van der Waals surface area contributed by atoms with Gasteiger partial charge >= 0.3 is 6.61 Å². The number of ether oxygens (including phenoxy) is 1. The first-order valence-corrected chi connectivity index (χ1v) is 8.08. The Bertz CT molecular complexity index is 890. The van der Waals surface area contributed by atoms with Crippen LogP contribution in [0, 0.1) is 0 Å². The molecule has 27 heavy (non-hydrogen) atoms. The molecule has 6 nitrogen and oxygen atoms in total. The molecule has 0 saturated carbocycles. The zero-order valence-corrected chi connectivity index (χ0v) is 14.1. The molecule has 138 valence electrons. The Morgan fingerprint density at radius 3 is 2.41 bits per heavy atom. The van der Waals surface area contributed by atoms with Gasteiger partial charge in [-0.2, -0.15) is 8.78 Å². The Morgan fingerprint density at radius 2 is 1.70 bits per heavy atom. The van der Waals surface area contributed by atoms with Crippen LogP contribution in [0.1, 0.15) is 16.1 Å². The maximum absolute atomic E-state index is 12.4. The number of alkyl halides is 2. The normalized spacial score (nSPS) is 10.5. The Balaban J connectivity index is 1.61. The number of hydrogen-bond donors (Lipinski definition) is 2. The van der Waals surface area contributed by atoms with Crippen molar-refractivity contribution in [2.24, 2.45) is 0 Å². The van der Waals surface area contributed by atoms with Gasteiger partial charge in [0.1, 0.15) is 11.6 Å². The molecule has 3 aromatic rings. The molecule has 0 spiro atoms. The summed E-state index contributed by atoms with van der Waals surface area (Å²) >= 11 is 0. The molecule has 1 aromatic heterocycles. The lowest BCUT2D eigenvalue weighted by Gasteiger charge is -2.11. The zero-order valence-electron chi connectivity index (χ0n) is 14.1. The Kier molecular flexibility index (Phi) is 5.88. The number of hydrogen-bond acceptors (Lipinski definition) is 5. The number of benzene rings is 2. The van der Waals surface area contributed by atoms with Crippen LogP contribution in [0.4, 0.5) is 20.3 Å². The molecule has 0 saturated heterocycles. The van der Waals surface area contributed by atoms with E-state index in [1.165, 1.54) is 12.1 Å². The molecule has 0 fully saturated rings. The third kappa shape index (κ3) is 5.21. The monoisotopic (exact) mass is 370 g/mol. The highest BCUT2D eigenvalue weighted by atomic mass is 19.3. The number of nitrogens with one attached hydrogen (secondary N) is 2. The molecule has 0 unspecified atom stereocenters. The van der Waals surface area contributed by atoms with E-state index in [0.29, 0.717) is 17.1 Å². The van der Waals surface area contributed by atoms with Crippen molar-refractivity contribution in [3.63, 3.8) is 0 Å². The van der Waals surface area contributed by atoms with Gasteiger partial charge in [-0.05, 0) is 30.3 Å². The first kappa shape index (κ1) is 18.2. The number of anilines is 2. The van der Waals surface area contributed by atoms with Gasteiger partial charge in [-0.25, -0.2) is 0 Å². The molecule has 0 aliphatic carbocycles. The molecule has 0 atom stereocenters. The van der Waals surface area contributed by atoms with E-state index in [1.54, 1.807) is 36.4 Å². The standard InChI is InChI=1S/C19H16F2N4O2/c20-19(21)27-16-9-5-4-6-13(16)12-22-17-11-10-15(24-25-17)18(26)23-14-7-2-1-3-8-14/h1-11,19H,12H2,(H,22,25)(H,23,26). The lowest BCUT2D eigenvalue weighted by molar-refractivity contribution is -0.0504. The van der Waals surface area contributed by atoms with E-state index in [9.17, 15) is 13.6 Å². The van der Waals surface area contributed by atoms with Crippen molar-refractivity contribution >= 4 is 17.4 Å². The van der Waals surface area contributed by atoms with Crippen molar-refractivity contribution in [3.05, 3.63) is 78.0 Å². The summed E-state index contributed by atoms with van der Waals surface area (Å²) in [5.41, 5.74) is 1.36. The maximum Gasteiger partial charge on any atom is 0.387 e. The van der Waals surface area contributed by atoms with E-state index in [2.05, 4.69) is 25.6 Å².